The van der Waals surface area contributed by atoms with Crippen LogP contribution in [0.2, 0.25) is 4.34 Å². The van der Waals surface area contributed by atoms with Crippen molar-refractivity contribution in [3.63, 3.8) is 0 Å². The van der Waals surface area contributed by atoms with Crippen LogP contribution in [0.3, 0.4) is 0 Å². The maximum atomic E-state index is 13.2. The first-order valence-electron chi connectivity index (χ1n) is 10.7. The first-order valence-corrected chi connectivity index (χ1v) is 13.4. The highest BCUT2D eigenvalue weighted by molar-refractivity contribution is 7.91. The molecule has 33 heavy (non-hydrogen) atoms. The molecule has 3 heterocycles. The van der Waals surface area contributed by atoms with Crippen molar-refractivity contribution < 1.29 is 18.0 Å². The Kier molecular flexibility index (Phi) is 5.68. The molecule has 3 aromatic rings. The van der Waals surface area contributed by atoms with E-state index in [1.807, 2.05) is 31.2 Å². The topological polar surface area (TPSA) is 86.8 Å². The molecule has 0 bridgehead atoms. The molecule has 0 spiro atoms. The molecular formula is C23H22ClN3O4S2. The summed E-state index contributed by atoms with van der Waals surface area (Å²) in [5.41, 5.74) is 2.09. The zero-order valence-electron chi connectivity index (χ0n) is 17.9. The minimum Gasteiger partial charge on any atom is -0.325 e. The van der Waals surface area contributed by atoms with Gasteiger partial charge in [0.1, 0.15) is 4.21 Å². The van der Waals surface area contributed by atoms with Crippen molar-refractivity contribution in [2.24, 2.45) is 5.92 Å². The Morgan fingerprint density at radius 3 is 2.76 bits per heavy atom. The van der Waals surface area contributed by atoms with Gasteiger partial charge in [0, 0.05) is 41.7 Å². The van der Waals surface area contributed by atoms with E-state index in [9.17, 15) is 18.0 Å². The van der Waals surface area contributed by atoms with Gasteiger partial charge in [-0.25, -0.2) is 8.42 Å². The molecule has 1 N–H and O–H groups in total. The fourth-order valence-corrected chi connectivity index (χ4v) is 7.80. The van der Waals surface area contributed by atoms with Gasteiger partial charge in [0.25, 0.3) is 15.9 Å². The van der Waals surface area contributed by atoms with Gasteiger partial charge in [0.15, 0.2) is 0 Å². The second-order valence-electron chi connectivity index (χ2n) is 8.16. The maximum absolute atomic E-state index is 13.2. The van der Waals surface area contributed by atoms with E-state index in [1.54, 1.807) is 17.0 Å². The monoisotopic (exact) mass is 503 g/mol. The van der Waals surface area contributed by atoms with Crippen LogP contribution in [0, 0.1) is 5.92 Å². The molecule has 0 aliphatic carbocycles. The number of benzene rings is 2. The summed E-state index contributed by atoms with van der Waals surface area (Å²) in [6.45, 7) is 2.99. The molecular weight excluding hydrogens is 482 g/mol. The van der Waals surface area contributed by atoms with Crippen LogP contribution in [0.1, 0.15) is 30.1 Å². The minimum absolute atomic E-state index is 0.0385. The molecule has 1 saturated heterocycles. The molecule has 1 atom stereocenters. The average molecular weight is 504 g/mol. The molecule has 2 aliphatic rings. The number of nitrogens with one attached hydrogen (secondary N) is 1. The van der Waals surface area contributed by atoms with Crippen LogP contribution in [-0.2, 0) is 14.8 Å². The third-order valence-electron chi connectivity index (χ3n) is 6.26. The SMILES string of the molecule is CCN1C(=O)c2cccc3c(NC(=O)[C@H]4CCCN(S(=O)(=O)c5ccc(Cl)s5)C4)ccc1c23. The number of thiophene rings is 1. The summed E-state index contributed by atoms with van der Waals surface area (Å²) < 4.78 is 27.9. The highest BCUT2D eigenvalue weighted by Gasteiger charge is 2.35. The van der Waals surface area contributed by atoms with Gasteiger partial charge >= 0.3 is 0 Å². The molecule has 172 valence electrons. The number of hydrogen-bond donors (Lipinski definition) is 1. The van der Waals surface area contributed by atoms with Gasteiger partial charge in [0.05, 0.1) is 15.9 Å². The Hall–Kier alpha value is -2.46. The molecule has 2 aromatic carbocycles. The first kappa shape index (κ1) is 22.3. The van der Waals surface area contributed by atoms with Crippen LogP contribution >= 0.6 is 22.9 Å². The summed E-state index contributed by atoms with van der Waals surface area (Å²) >= 11 is 6.94. The van der Waals surface area contributed by atoms with Crippen LogP contribution in [0.25, 0.3) is 10.8 Å². The van der Waals surface area contributed by atoms with Gasteiger partial charge in [-0.3, -0.25) is 9.59 Å². The number of anilines is 2. The second-order valence-corrected chi connectivity index (χ2v) is 12.0. The standard InChI is InChI=1S/C23H22ClN3O4S2/c1-2-27-18-9-8-17(15-6-3-7-16(21(15)18)23(27)29)25-22(28)14-5-4-12-26(13-14)33(30,31)20-11-10-19(24)32-20/h3,6-11,14H,2,4-5,12-13H2,1H3,(H,25,28)/t14-/m0/s1. The number of sulfonamides is 1. The van der Waals surface area contributed by atoms with Crippen molar-refractivity contribution in [3.8, 4) is 0 Å². The Bertz CT molecular complexity index is 1390. The predicted octanol–water partition coefficient (Wildman–Crippen LogP) is 4.57. The van der Waals surface area contributed by atoms with E-state index in [-0.39, 0.29) is 22.6 Å². The molecule has 0 saturated carbocycles. The predicted molar refractivity (Wildman–Crippen MR) is 131 cm³/mol. The van der Waals surface area contributed by atoms with Crippen LogP contribution in [0.15, 0.2) is 46.7 Å². The molecule has 2 amide bonds. The van der Waals surface area contributed by atoms with E-state index in [2.05, 4.69) is 5.32 Å². The van der Waals surface area contributed by atoms with Gasteiger partial charge in [0.2, 0.25) is 5.91 Å². The number of hydrogen-bond acceptors (Lipinski definition) is 5. The van der Waals surface area contributed by atoms with Crippen LogP contribution in [0.5, 0.6) is 0 Å². The van der Waals surface area contributed by atoms with Crippen molar-refractivity contribution in [2.45, 2.75) is 24.0 Å². The third-order valence-corrected chi connectivity index (χ3v) is 9.82. The summed E-state index contributed by atoms with van der Waals surface area (Å²) in [7, 11) is -3.69. The molecule has 0 radical (unpaired) electrons. The summed E-state index contributed by atoms with van der Waals surface area (Å²) in [6.07, 6.45) is 1.20. The fourth-order valence-electron chi connectivity index (χ4n) is 4.64. The van der Waals surface area contributed by atoms with Crippen molar-refractivity contribution in [3.05, 3.63) is 52.4 Å². The first-order chi connectivity index (χ1) is 15.8. The molecule has 1 aromatic heterocycles. The van der Waals surface area contributed by atoms with Gasteiger partial charge in [-0.1, -0.05) is 23.7 Å². The van der Waals surface area contributed by atoms with Gasteiger partial charge in [-0.05, 0) is 50.1 Å². The Labute approximate surface area is 201 Å². The van der Waals surface area contributed by atoms with E-state index in [0.717, 1.165) is 27.8 Å². The molecule has 5 rings (SSSR count). The molecule has 2 aliphatic heterocycles. The van der Waals surface area contributed by atoms with E-state index in [4.69, 9.17) is 11.6 Å². The number of carbonyl (C=O) groups excluding carboxylic acids is 2. The minimum atomic E-state index is -3.69. The maximum Gasteiger partial charge on any atom is 0.258 e. The van der Waals surface area contributed by atoms with Crippen molar-refractivity contribution in [1.29, 1.82) is 0 Å². The number of piperidine rings is 1. The number of carbonyl (C=O) groups is 2. The summed E-state index contributed by atoms with van der Waals surface area (Å²) in [5, 5.41) is 4.63. The van der Waals surface area contributed by atoms with Crippen molar-refractivity contribution in [1.82, 2.24) is 4.31 Å². The Balaban J connectivity index is 1.39. The summed E-state index contributed by atoms with van der Waals surface area (Å²) in [5.74, 6) is -0.736. The van der Waals surface area contributed by atoms with Gasteiger partial charge in [-0.2, -0.15) is 4.31 Å². The largest absolute Gasteiger partial charge is 0.325 e. The number of amides is 2. The Morgan fingerprint density at radius 1 is 1.21 bits per heavy atom. The normalized spacial score (nSPS) is 18.8. The van der Waals surface area contributed by atoms with Crippen LogP contribution in [0.4, 0.5) is 11.4 Å². The van der Waals surface area contributed by atoms with Crippen molar-refractivity contribution in [2.75, 3.05) is 29.9 Å². The highest BCUT2D eigenvalue weighted by atomic mass is 35.5. The van der Waals surface area contributed by atoms with E-state index in [1.165, 1.54) is 10.4 Å². The zero-order valence-corrected chi connectivity index (χ0v) is 20.3. The van der Waals surface area contributed by atoms with Gasteiger partial charge < -0.3 is 10.2 Å². The zero-order chi connectivity index (χ0) is 23.3. The molecule has 7 nitrogen and oxygen atoms in total. The van der Waals surface area contributed by atoms with E-state index < -0.39 is 15.9 Å². The smallest absolute Gasteiger partial charge is 0.258 e. The van der Waals surface area contributed by atoms with Crippen molar-refractivity contribution >= 4 is 66.9 Å². The number of nitrogens with zero attached hydrogens (tertiary/aromatic N) is 2. The fraction of sp³-hybridized carbons (Fsp3) is 0.304. The lowest BCUT2D eigenvalue weighted by Crippen LogP contribution is -2.43. The lowest BCUT2D eigenvalue weighted by Gasteiger charge is -2.30. The van der Waals surface area contributed by atoms with Crippen LogP contribution in [-0.4, -0.2) is 44.2 Å². The highest BCUT2D eigenvalue weighted by Crippen LogP contribution is 2.40. The summed E-state index contributed by atoms with van der Waals surface area (Å²) in [6, 6.07) is 12.2. The quantitative estimate of drug-likeness (QED) is 0.552. The lowest BCUT2D eigenvalue weighted by atomic mass is 9.98. The third kappa shape index (κ3) is 3.73. The Morgan fingerprint density at radius 2 is 2.03 bits per heavy atom. The summed E-state index contributed by atoms with van der Waals surface area (Å²) in [4.78, 5) is 27.6. The molecule has 0 unspecified atom stereocenters. The lowest BCUT2D eigenvalue weighted by molar-refractivity contribution is -0.120. The average Bonchev–Trinajstić information content (AvgIpc) is 3.38. The molecule has 10 heteroatoms. The number of rotatable bonds is 5. The van der Waals surface area contributed by atoms with E-state index >= 15 is 0 Å². The number of halogens is 1. The van der Waals surface area contributed by atoms with E-state index in [0.29, 0.717) is 41.5 Å². The van der Waals surface area contributed by atoms with Crippen LogP contribution < -0.4 is 10.2 Å². The second kappa shape index (κ2) is 8.39. The van der Waals surface area contributed by atoms with Gasteiger partial charge in [-0.15, -0.1) is 11.3 Å². The molecule has 1 fully saturated rings.